The molecule has 0 amide bonds. The summed E-state index contributed by atoms with van der Waals surface area (Å²) in [6.07, 6.45) is -5.23. The van der Waals surface area contributed by atoms with Gasteiger partial charge in [0.1, 0.15) is 0 Å². The zero-order valence-corrected chi connectivity index (χ0v) is 10.4. The third-order valence-electron chi connectivity index (χ3n) is 2.23. The minimum Gasteiger partial charge on any atom is -0.422 e. The summed E-state index contributed by atoms with van der Waals surface area (Å²) in [5.41, 5.74) is -2.39. The first-order valence-corrected chi connectivity index (χ1v) is 5.19. The number of carbonyl (C=O) groups is 1. The Kier molecular flexibility index (Phi) is 4.69. The van der Waals surface area contributed by atoms with E-state index in [0.717, 1.165) is 13.8 Å². The molecule has 0 N–H and O–H groups in total. The number of rotatable bonds is 3. The van der Waals surface area contributed by atoms with Gasteiger partial charge in [0, 0.05) is 0 Å². The van der Waals surface area contributed by atoms with E-state index in [-0.39, 0.29) is 0 Å². The third-order valence-corrected chi connectivity index (χ3v) is 2.23. The van der Waals surface area contributed by atoms with Crippen LogP contribution in [0.2, 0.25) is 0 Å². The number of ether oxygens (including phenoxy) is 2. The predicted molar refractivity (Wildman–Crippen MR) is 53.4 cm³/mol. The first-order valence-electron chi connectivity index (χ1n) is 5.19. The Balaban J connectivity index is 3.07. The zero-order valence-electron chi connectivity index (χ0n) is 10.4. The molecule has 0 spiro atoms. The molecule has 0 aromatic heterocycles. The molecule has 0 atom stereocenters. The normalized spacial score (nSPS) is 11.7. The second-order valence-corrected chi connectivity index (χ2v) is 4.26. The fourth-order valence-corrected chi connectivity index (χ4v) is 1.04. The van der Waals surface area contributed by atoms with Gasteiger partial charge in [-0.25, -0.2) is 26.7 Å². The maximum Gasteiger partial charge on any atom is 0.514 e. The van der Waals surface area contributed by atoms with Gasteiger partial charge >= 0.3 is 6.16 Å². The van der Waals surface area contributed by atoms with Gasteiger partial charge in [0.25, 0.3) is 6.43 Å². The lowest BCUT2D eigenvalue weighted by atomic mass is 10.1. The largest absolute Gasteiger partial charge is 0.514 e. The second-order valence-electron chi connectivity index (χ2n) is 4.26. The summed E-state index contributed by atoms with van der Waals surface area (Å²) in [4.78, 5) is 11.1. The van der Waals surface area contributed by atoms with Crippen LogP contribution < -0.4 is 4.74 Å². The van der Waals surface area contributed by atoms with Crippen molar-refractivity contribution < 1.29 is 45.0 Å². The van der Waals surface area contributed by atoms with Crippen molar-refractivity contribution in [1.29, 1.82) is 0 Å². The van der Waals surface area contributed by atoms with Gasteiger partial charge in [0.05, 0.1) is 0 Å². The van der Waals surface area contributed by atoms with Crippen LogP contribution in [0.4, 0.5) is 35.5 Å². The molecule has 0 saturated heterocycles. The average molecular weight is 320 g/mol. The monoisotopic (exact) mass is 320 g/mol. The van der Waals surface area contributed by atoms with Gasteiger partial charge in [-0.05, 0) is 13.8 Å². The number of hydrogen-bond acceptors (Lipinski definition) is 3. The zero-order chi connectivity index (χ0) is 16.5. The first-order chi connectivity index (χ1) is 9.49. The van der Waals surface area contributed by atoms with Crippen LogP contribution in [0.1, 0.15) is 13.8 Å². The number of carbonyl (C=O) groups excluding carboxylic acids is 1. The molecule has 0 heterocycles. The van der Waals surface area contributed by atoms with Crippen LogP contribution in [0, 0.1) is 29.1 Å². The summed E-state index contributed by atoms with van der Waals surface area (Å²) in [6.45, 7) is 1.49. The Morgan fingerprint density at radius 1 is 0.905 bits per heavy atom. The fraction of sp³-hybridized carbons (Fsp3) is 0.364. The van der Waals surface area contributed by atoms with Gasteiger partial charge < -0.3 is 9.47 Å². The lowest BCUT2D eigenvalue weighted by Crippen LogP contribution is -2.37. The number of benzene rings is 1. The van der Waals surface area contributed by atoms with Gasteiger partial charge in [0.2, 0.25) is 34.8 Å². The van der Waals surface area contributed by atoms with Crippen LogP contribution in [-0.2, 0) is 4.74 Å². The quantitative estimate of drug-likeness (QED) is 0.278. The Morgan fingerprint density at radius 2 is 1.29 bits per heavy atom. The van der Waals surface area contributed by atoms with E-state index in [1.165, 1.54) is 0 Å². The highest BCUT2D eigenvalue weighted by Crippen LogP contribution is 2.30. The van der Waals surface area contributed by atoms with E-state index in [1.54, 1.807) is 0 Å². The lowest BCUT2D eigenvalue weighted by molar-refractivity contribution is -0.0895. The molecule has 10 heteroatoms. The van der Waals surface area contributed by atoms with Crippen molar-refractivity contribution in [1.82, 2.24) is 0 Å². The molecule has 0 radical (unpaired) electrons. The fourth-order valence-electron chi connectivity index (χ4n) is 1.04. The van der Waals surface area contributed by atoms with Crippen molar-refractivity contribution in [2.45, 2.75) is 25.9 Å². The van der Waals surface area contributed by atoms with Crippen LogP contribution in [0.25, 0.3) is 0 Å². The molecule has 1 aromatic carbocycles. The molecular formula is C11H7F7O3. The van der Waals surface area contributed by atoms with Gasteiger partial charge in [-0.15, -0.1) is 0 Å². The molecule has 1 aromatic rings. The van der Waals surface area contributed by atoms with Gasteiger partial charge in [0.15, 0.2) is 5.60 Å². The summed E-state index contributed by atoms with van der Waals surface area (Å²) in [5, 5.41) is 0. The highest BCUT2D eigenvalue weighted by atomic mass is 19.3. The van der Waals surface area contributed by atoms with E-state index >= 15 is 0 Å². The van der Waals surface area contributed by atoms with E-state index in [2.05, 4.69) is 9.47 Å². The predicted octanol–water partition coefficient (Wildman–Crippen LogP) is 3.94. The Labute approximate surface area is 113 Å². The van der Waals surface area contributed by atoms with Crippen LogP contribution in [0.3, 0.4) is 0 Å². The highest BCUT2D eigenvalue weighted by Gasteiger charge is 2.36. The first kappa shape index (κ1) is 17.1. The van der Waals surface area contributed by atoms with Crippen molar-refractivity contribution >= 4 is 6.16 Å². The molecule has 118 valence electrons. The van der Waals surface area contributed by atoms with Crippen LogP contribution in [0.15, 0.2) is 0 Å². The molecular weight excluding hydrogens is 313 g/mol. The van der Waals surface area contributed by atoms with Gasteiger partial charge in [-0.1, -0.05) is 0 Å². The molecule has 0 aliphatic heterocycles. The number of hydrogen-bond donors (Lipinski definition) is 0. The molecule has 0 bridgehead atoms. The van der Waals surface area contributed by atoms with E-state index in [4.69, 9.17) is 0 Å². The van der Waals surface area contributed by atoms with Crippen molar-refractivity contribution in [2.24, 2.45) is 0 Å². The molecule has 0 saturated carbocycles. The number of alkyl halides is 2. The second kappa shape index (κ2) is 5.78. The smallest absolute Gasteiger partial charge is 0.422 e. The van der Waals surface area contributed by atoms with Crippen LogP contribution in [-0.4, -0.2) is 18.2 Å². The summed E-state index contributed by atoms with van der Waals surface area (Å²) in [7, 11) is 0. The third kappa shape index (κ3) is 3.37. The maximum atomic E-state index is 13.2. The molecule has 3 nitrogen and oxygen atoms in total. The Bertz CT molecular complexity index is 542. The topological polar surface area (TPSA) is 35.5 Å². The summed E-state index contributed by atoms with van der Waals surface area (Å²) in [5.74, 6) is -14.0. The number of halogens is 7. The average Bonchev–Trinajstić information content (AvgIpc) is 2.38. The van der Waals surface area contributed by atoms with Gasteiger partial charge in [-0.2, -0.15) is 8.78 Å². The van der Waals surface area contributed by atoms with Crippen molar-refractivity contribution in [2.75, 3.05) is 0 Å². The molecule has 0 aliphatic rings. The Hall–Kier alpha value is -2.00. The Morgan fingerprint density at radius 3 is 1.67 bits per heavy atom. The summed E-state index contributed by atoms with van der Waals surface area (Å²) >= 11 is 0. The van der Waals surface area contributed by atoms with Crippen molar-refractivity contribution in [3.05, 3.63) is 29.1 Å². The molecule has 1 rings (SSSR count). The highest BCUT2D eigenvalue weighted by molar-refractivity contribution is 5.64. The van der Waals surface area contributed by atoms with E-state index in [1.807, 2.05) is 0 Å². The van der Waals surface area contributed by atoms with Gasteiger partial charge in [-0.3, -0.25) is 0 Å². The standard InChI is InChI=1S/C11H7F7O3/c1-11(2,9(17)18)21-10(19)20-8-6(15)4(13)3(12)5(14)7(8)16/h9H,1-2H3. The lowest BCUT2D eigenvalue weighted by Gasteiger charge is -2.23. The maximum absolute atomic E-state index is 13.2. The molecule has 0 fully saturated rings. The van der Waals surface area contributed by atoms with E-state index in [9.17, 15) is 35.5 Å². The van der Waals surface area contributed by atoms with Crippen LogP contribution in [0.5, 0.6) is 5.75 Å². The van der Waals surface area contributed by atoms with Crippen molar-refractivity contribution in [3.8, 4) is 5.75 Å². The van der Waals surface area contributed by atoms with E-state index in [0.29, 0.717) is 0 Å². The minimum atomic E-state index is -3.18. The summed E-state index contributed by atoms with van der Waals surface area (Å²) in [6, 6.07) is 0. The molecule has 0 unspecified atom stereocenters. The minimum absolute atomic E-state index is 0.747. The summed E-state index contributed by atoms with van der Waals surface area (Å²) < 4.78 is 97.3. The van der Waals surface area contributed by atoms with E-state index < -0.39 is 53.0 Å². The molecule has 21 heavy (non-hydrogen) atoms. The van der Waals surface area contributed by atoms with Crippen molar-refractivity contribution in [3.63, 3.8) is 0 Å². The molecule has 0 aliphatic carbocycles. The SMILES string of the molecule is CC(C)(OC(=O)Oc1c(F)c(F)c(F)c(F)c1F)C(F)F. The van der Waals surface area contributed by atoms with Crippen LogP contribution >= 0.6 is 0 Å².